The predicted octanol–water partition coefficient (Wildman–Crippen LogP) is 5.89. The van der Waals surface area contributed by atoms with E-state index >= 15 is 0 Å². The van der Waals surface area contributed by atoms with Gasteiger partial charge in [-0.15, -0.1) is 0 Å². The Kier molecular flexibility index (Phi) is 3.36. The molecule has 4 rings (SSSR count). The molecule has 3 aromatic carbocycles. The number of nitrogens with zero attached hydrogens (tertiary/aromatic N) is 1. The molecule has 5 nitrogen and oxygen atoms in total. The third-order valence-corrected chi connectivity index (χ3v) is 4.07. The third-order valence-electron chi connectivity index (χ3n) is 3.81. The number of furan rings is 1. The minimum atomic E-state index is -0.426. The zero-order valence-electron chi connectivity index (χ0n) is 12.3. The van der Waals surface area contributed by atoms with E-state index in [2.05, 4.69) is 5.32 Å². The Morgan fingerprint density at radius 3 is 2.46 bits per heavy atom. The molecule has 118 valence electrons. The van der Waals surface area contributed by atoms with Crippen molar-refractivity contribution in [2.45, 2.75) is 0 Å². The Hall–Kier alpha value is -3.05. The van der Waals surface area contributed by atoms with Crippen molar-refractivity contribution in [3.05, 3.63) is 75.8 Å². The lowest BCUT2D eigenvalue weighted by Gasteiger charge is -2.07. The molecule has 24 heavy (non-hydrogen) atoms. The molecule has 0 fully saturated rings. The summed E-state index contributed by atoms with van der Waals surface area (Å²) in [6.07, 6.45) is 0. The van der Waals surface area contributed by atoms with E-state index < -0.39 is 4.92 Å². The maximum atomic E-state index is 11.4. The van der Waals surface area contributed by atoms with Crippen LogP contribution >= 0.6 is 11.6 Å². The second kappa shape index (κ2) is 5.54. The van der Waals surface area contributed by atoms with E-state index in [0.29, 0.717) is 21.9 Å². The van der Waals surface area contributed by atoms with Gasteiger partial charge in [-0.25, -0.2) is 0 Å². The SMILES string of the molecule is O=[N+]([O-])c1cc2oc3ccccc3c2cc1Nc1ccc(Cl)cc1. The van der Waals surface area contributed by atoms with Crippen molar-refractivity contribution in [3.63, 3.8) is 0 Å². The van der Waals surface area contributed by atoms with E-state index in [-0.39, 0.29) is 5.69 Å². The average molecular weight is 339 g/mol. The van der Waals surface area contributed by atoms with E-state index in [1.54, 1.807) is 30.3 Å². The van der Waals surface area contributed by atoms with Gasteiger partial charge in [0.05, 0.1) is 11.0 Å². The van der Waals surface area contributed by atoms with Gasteiger partial charge in [0.25, 0.3) is 5.69 Å². The molecule has 0 saturated carbocycles. The standard InChI is InChI=1S/C18H11ClN2O3/c19-11-5-7-12(8-6-11)20-15-9-14-13-3-1-2-4-17(13)24-18(14)10-16(15)21(22)23/h1-10,20H. The smallest absolute Gasteiger partial charge is 0.296 e. The van der Waals surface area contributed by atoms with E-state index in [1.165, 1.54) is 6.07 Å². The highest BCUT2D eigenvalue weighted by Gasteiger charge is 2.19. The molecule has 0 unspecified atom stereocenters. The summed E-state index contributed by atoms with van der Waals surface area (Å²) in [4.78, 5) is 11.0. The number of hydrogen-bond acceptors (Lipinski definition) is 4. The normalized spacial score (nSPS) is 11.0. The van der Waals surface area contributed by atoms with Crippen molar-refractivity contribution < 1.29 is 9.34 Å². The number of benzene rings is 3. The van der Waals surface area contributed by atoms with Crippen LogP contribution in [0.3, 0.4) is 0 Å². The summed E-state index contributed by atoms with van der Waals surface area (Å²) >= 11 is 5.88. The van der Waals surface area contributed by atoms with Crippen molar-refractivity contribution in [3.8, 4) is 0 Å². The molecule has 1 heterocycles. The Balaban J connectivity index is 1.91. The maximum Gasteiger partial charge on any atom is 0.296 e. The summed E-state index contributed by atoms with van der Waals surface area (Å²) in [5, 5.41) is 16.9. The van der Waals surface area contributed by atoms with Crippen LogP contribution in [0, 0.1) is 10.1 Å². The van der Waals surface area contributed by atoms with Gasteiger partial charge in [0.15, 0.2) is 0 Å². The predicted molar refractivity (Wildman–Crippen MR) is 95.1 cm³/mol. The molecule has 0 amide bonds. The zero-order chi connectivity index (χ0) is 16.7. The molecular weight excluding hydrogens is 328 g/mol. The number of fused-ring (bicyclic) bond motifs is 3. The number of para-hydroxylation sites is 1. The largest absolute Gasteiger partial charge is 0.456 e. The Labute approximate surface area is 141 Å². The number of nitro benzene ring substituents is 1. The van der Waals surface area contributed by atoms with E-state index in [1.807, 2.05) is 24.3 Å². The first-order valence-corrected chi connectivity index (χ1v) is 7.62. The number of nitrogens with one attached hydrogen (secondary N) is 1. The summed E-state index contributed by atoms with van der Waals surface area (Å²) in [5.41, 5.74) is 2.27. The van der Waals surface area contributed by atoms with E-state index in [4.69, 9.17) is 16.0 Å². The van der Waals surface area contributed by atoms with Crippen LogP contribution in [-0.2, 0) is 0 Å². The number of rotatable bonds is 3. The molecule has 0 spiro atoms. The van der Waals surface area contributed by atoms with Gasteiger partial charge >= 0.3 is 0 Å². The molecule has 0 aliphatic rings. The molecule has 0 aliphatic carbocycles. The van der Waals surface area contributed by atoms with Crippen LogP contribution in [-0.4, -0.2) is 4.92 Å². The molecule has 1 N–H and O–H groups in total. The third kappa shape index (κ3) is 2.45. The molecule has 0 bridgehead atoms. The highest BCUT2D eigenvalue weighted by atomic mass is 35.5. The highest BCUT2D eigenvalue weighted by molar-refractivity contribution is 6.30. The zero-order valence-corrected chi connectivity index (χ0v) is 13.1. The van der Waals surface area contributed by atoms with E-state index in [0.717, 1.165) is 16.5 Å². The van der Waals surface area contributed by atoms with Gasteiger partial charge in [-0.1, -0.05) is 29.8 Å². The second-order valence-corrected chi connectivity index (χ2v) is 5.79. The lowest BCUT2D eigenvalue weighted by Crippen LogP contribution is -1.96. The first-order valence-electron chi connectivity index (χ1n) is 7.24. The maximum absolute atomic E-state index is 11.4. The van der Waals surface area contributed by atoms with Crippen LogP contribution in [0.15, 0.2) is 65.1 Å². The van der Waals surface area contributed by atoms with Gasteiger partial charge in [-0.3, -0.25) is 10.1 Å². The minimum absolute atomic E-state index is 0.0449. The molecule has 6 heteroatoms. The summed E-state index contributed by atoms with van der Waals surface area (Å²) in [6.45, 7) is 0. The molecular formula is C18H11ClN2O3. The van der Waals surface area contributed by atoms with Crippen LogP contribution in [0.2, 0.25) is 5.02 Å². The minimum Gasteiger partial charge on any atom is -0.456 e. The molecule has 4 aromatic rings. The molecule has 0 radical (unpaired) electrons. The average Bonchev–Trinajstić information content (AvgIpc) is 2.94. The van der Waals surface area contributed by atoms with Crippen LogP contribution < -0.4 is 5.32 Å². The van der Waals surface area contributed by atoms with Crippen LogP contribution in [0.25, 0.3) is 21.9 Å². The van der Waals surface area contributed by atoms with Gasteiger partial charge < -0.3 is 9.73 Å². The summed E-state index contributed by atoms with van der Waals surface area (Å²) in [5.74, 6) is 0. The van der Waals surface area contributed by atoms with Gasteiger partial charge in [0.1, 0.15) is 16.9 Å². The lowest BCUT2D eigenvalue weighted by molar-refractivity contribution is -0.383. The fraction of sp³-hybridized carbons (Fsp3) is 0. The molecule has 0 atom stereocenters. The number of halogens is 1. The topological polar surface area (TPSA) is 68.3 Å². The van der Waals surface area contributed by atoms with Crippen molar-refractivity contribution >= 4 is 50.6 Å². The van der Waals surface area contributed by atoms with Crippen molar-refractivity contribution in [2.24, 2.45) is 0 Å². The number of anilines is 2. The quantitative estimate of drug-likeness (QED) is 0.373. The lowest BCUT2D eigenvalue weighted by atomic mass is 10.1. The van der Waals surface area contributed by atoms with Crippen molar-refractivity contribution in [1.82, 2.24) is 0 Å². The van der Waals surface area contributed by atoms with E-state index in [9.17, 15) is 10.1 Å². The van der Waals surface area contributed by atoms with Gasteiger partial charge in [-0.05, 0) is 36.4 Å². The number of nitro groups is 1. The summed E-state index contributed by atoms with van der Waals surface area (Å²) < 4.78 is 5.71. The number of hydrogen-bond donors (Lipinski definition) is 1. The Morgan fingerprint density at radius 1 is 0.958 bits per heavy atom. The molecule has 0 aliphatic heterocycles. The Morgan fingerprint density at radius 2 is 1.71 bits per heavy atom. The Bertz CT molecular complexity index is 1070. The van der Waals surface area contributed by atoms with Crippen molar-refractivity contribution in [2.75, 3.05) is 5.32 Å². The van der Waals surface area contributed by atoms with Crippen molar-refractivity contribution in [1.29, 1.82) is 0 Å². The summed E-state index contributed by atoms with van der Waals surface area (Å²) in [7, 11) is 0. The second-order valence-electron chi connectivity index (χ2n) is 5.35. The van der Waals surface area contributed by atoms with Crippen LogP contribution in [0.1, 0.15) is 0 Å². The fourth-order valence-electron chi connectivity index (χ4n) is 2.70. The highest BCUT2D eigenvalue weighted by Crippen LogP contribution is 2.37. The first kappa shape index (κ1) is 14.5. The monoisotopic (exact) mass is 338 g/mol. The van der Waals surface area contributed by atoms with Gasteiger partial charge in [-0.2, -0.15) is 0 Å². The summed E-state index contributed by atoms with van der Waals surface area (Å²) in [6, 6.07) is 17.7. The fourth-order valence-corrected chi connectivity index (χ4v) is 2.83. The molecule has 1 aromatic heterocycles. The van der Waals surface area contributed by atoms with Gasteiger partial charge in [0.2, 0.25) is 0 Å². The first-order chi connectivity index (χ1) is 11.6. The molecule has 0 saturated heterocycles. The van der Waals surface area contributed by atoms with Crippen LogP contribution in [0.4, 0.5) is 17.1 Å². The van der Waals surface area contributed by atoms with Gasteiger partial charge in [0, 0.05) is 21.5 Å². The van der Waals surface area contributed by atoms with Crippen LogP contribution in [0.5, 0.6) is 0 Å².